The van der Waals surface area contributed by atoms with Crippen LogP contribution in [0.2, 0.25) is 0 Å². The highest BCUT2D eigenvalue weighted by Gasteiger charge is 2.43. The minimum Gasteiger partial charge on any atom is -0.507 e. The van der Waals surface area contributed by atoms with Crippen LogP contribution in [0.1, 0.15) is 23.2 Å². The van der Waals surface area contributed by atoms with Crippen LogP contribution in [-0.4, -0.2) is 40.3 Å². The van der Waals surface area contributed by atoms with Crippen molar-refractivity contribution in [2.45, 2.75) is 19.0 Å². The number of piperidine rings is 1. The third kappa shape index (κ3) is 2.81. The van der Waals surface area contributed by atoms with Gasteiger partial charge in [0.25, 0.3) is 5.91 Å². The van der Waals surface area contributed by atoms with Crippen LogP contribution in [0.4, 0.5) is 13.2 Å². The summed E-state index contributed by atoms with van der Waals surface area (Å²) in [6, 6.07) is 3.76. The summed E-state index contributed by atoms with van der Waals surface area (Å²) in [7, 11) is 0. The molecule has 1 aromatic rings. The highest BCUT2D eigenvalue weighted by molar-refractivity contribution is 5.99. The summed E-state index contributed by atoms with van der Waals surface area (Å²) in [5.74, 6) is -3.23. The number of aromatic hydroxyl groups is 2. The molecule has 7 heteroatoms. The molecule has 1 saturated heterocycles. The lowest BCUT2D eigenvalue weighted by molar-refractivity contribution is -0.184. The smallest absolute Gasteiger partial charge is 0.393 e. The minimum atomic E-state index is -4.35. The molecule has 0 bridgehead atoms. The van der Waals surface area contributed by atoms with E-state index in [-0.39, 0.29) is 24.9 Å². The number of benzene rings is 1. The van der Waals surface area contributed by atoms with Crippen molar-refractivity contribution in [3.63, 3.8) is 0 Å². The van der Waals surface area contributed by atoms with Crippen molar-refractivity contribution < 1.29 is 28.2 Å². The predicted octanol–water partition coefficient (Wildman–Crippen LogP) is 2.51. The summed E-state index contributed by atoms with van der Waals surface area (Å²) in [6.45, 7) is -0.269. The Morgan fingerprint density at radius 3 is 2.40 bits per heavy atom. The SMILES string of the molecule is O=C(c1c(O)cccc1O)N1CCCC(C(F)(F)F)C1. The highest BCUT2D eigenvalue weighted by Crippen LogP contribution is 2.35. The van der Waals surface area contributed by atoms with Gasteiger partial charge in [0.2, 0.25) is 0 Å². The van der Waals surface area contributed by atoms with Crippen molar-refractivity contribution in [1.29, 1.82) is 0 Å². The van der Waals surface area contributed by atoms with E-state index in [1.54, 1.807) is 0 Å². The Hall–Kier alpha value is -1.92. The molecule has 1 aliphatic rings. The first-order chi connectivity index (χ1) is 9.30. The van der Waals surface area contributed by atoms with E-state index < -0.39 is 36.0 Å². The fourth-order valence-corrected chi connectivity index (χ4v) is 2.33. The van der Waals surface area contributed by atoms with E-state index in [9.17, 15) is 28.2 Å². The van der Waals surface area contributed by atoms with E-state index in [0.29, 0.717) is 0 Å². The summed E-state index contributed by atoms with van der Waals surface area (Å²) in [5.41, 5.74) is -0.352. The number of phenols is 2. The number of alkyl halides is 3. The molecule has 0 radical (unpaired) electrons. The van der Waals surface area contributed by atoms with Gasteiger partial charge in [0.05, 0.1) is 5.92 Å². The van der Waals surface area contributed by atoms with E-state index in [2.05, 4.69) is 0 Å². The molecule has 1 atom stereocenters. The van der Waals surface area contributed by atoms with Crippen molar-refractivity contribution in [3.8, 4) is 11.5 Å². The predicted molar refractivity (Wildman–Crippen MR) is 64.5 cm³/mol. The van der Waals surface area contributed by atoms with Crippen molar-refractivity contribution in [1.82, 2.24) is 4.90 Å². The molecular weight excluding hydrogens is 275 g/mol. The Morgan fingerprint density at radius 2 is 1.85 bits per heavy atom. The largest absolute Gasteiger partial charge is 0.507 e. The maximum absolute atomic E-state index is 12.7. The van der Waals surface area contributed by atoms with Crippen LogP contribution in [0.25, 0.3) is 0 Å². The summed E-state index contributed by atoms with van der Waals surface area (Å²) in [6.07, 6.45) is -4.12. The lowest BCUT2D eigenvalue weighted by Crippen LogP contribution is -2.44. The molecule has 1 aliphatic heterocycles. The van der Waals surface area contributed by atoms with Gasteiger partial charge in [-0.15, -0.1) is 0 Å². The first-order valence-corrected chi connectivity index (χ1v) is 6.17. The fourth-order valence-electron chi connectivity index (χ4n) is 2.33. The Balaban J connectivity index is 2.21. The lowest BCUT2D eigenvalue weighted by Gasteiger charge is -2.33. The van der Waals surface area contributed by atoms with Crippen LogP contribution in [0.15, 0.2) is 18.2 Å². The van der Waals surface area contributed by atoms with Crippen molar-refractivity contribution in [2.24, 2.45) is 5.92 Å². The van der Waals surface area contributed by atoms with Gasteiger partial charge in [-0.3, -0.25) is 4.79 Å². The van der Waals surface area contributed by atoms with Gasteiger partial charge in [-0.1, -0.05) is 6.07 Å². The zero-order chi connectivity index (χ0) is 14.9. The second kappa shape index (κ2) is 5.22. The quantitative estimate of drug-likeness (QED) is 0.835. The molecule has 1 amide bonds. The van der Waals surface area contributed by atoms with E-state index in [1.165, 1.54) is 18.2 Å². The van der Waals surface area contributed by atoms with Crippen molar-refractivity contribution in [2.75, 3.05) is 13.1 Å². The minimum absolute atomic E-state index is 0.0139. The average molecular weight is 289 g/mol. The molecule has 1 aromatic carbocycles. The maximum atomic E-state index is 12.7. The van der Waals surface area contributed by atoms with Crippen LogP contribution >= 0.6 is 0 Å². The molecule has 4 nitrogen and oxygen atoms in total. The molecule has 1 fully saturated rings. The molecule has 0 aliphatic carbocycles. The first kappa shape index (κ1) is 14.5. The number of carbonyl (C=O) groups is 1. The summed E-state index contributed by atoms with van der Waals surface area (Å²) in [5, 5.41) is 19.2. The number of carbonyl (C=O) groups excluding carboxylic acids is 1. The topological polar surface area (TPSA) is 60.8 Å². The Labute approximate surface area is 113 Å². The third-order valence-electron chi connectivity index (χ3n) is 3.41. The van der Waals surface area contributed by atoms with Crippen LogP contribution in [0.3, 0.4) is 0 Å². The monoisotopic (exact) mass is 289 g/mol. The Bertz CT molecular complexity index is 496. The van der Waals surface area contributed by atoms with Gasteiger partial charge in [-0.2, -0.15) is 13.2 Å². The van der Waals surface area contributed by atoms with Gasteiger partial charge in [-0.05, 0) is 25.0 Å². The molecule has 20 heavy (non-hydrogen) atoms. The normalized spacial score (nSPS) is 19.9. The second-order valence-electron chi connectivity index (χ2n) is 4.80. The summed E-state index contributed by atoms with van der Waals surface area (Å²) >= 11 is 0. The van der Waals surface area contributed by atoms with E-state index in [0.717, 1.165) is 4.90 Å². The second-order valence-corrected chi connectivity index (χ2v) is 4.80. The Morgan fingerprint density at radius 1 is 1.25 bits per heavy atom. The maximum Gasteiger partial charge on any atom is 0.393 e. The van der Waals surface area contributed by atoms with Gasteiger partial charge in [0.1, 0.15) is 17.1 Å². The molecule has 110 valence electrons. The van der Waals surface area contributed by atoms with Gasteiger partial charge in [-0.25, -0.2) is 0 Å². The Kier molecular flexibility index (Phi) is 3.78. The van der Waals surface area contributed by atoms with E-state index in [4.69, 9.17) is 0 Å². The van der Waals surface area contributed by atoms with E-state index in [1.807, 2.05) is 0 Å². The zero-order valence-electron chi connectivity index (χ0n) is 10.5. The average Bonchev–Trinajstić information content (AvgIpc) is 2.37. The first-order valence-electron chi connectivity index (χ1n) is 6.17. The molecule has 1 heterocycles. The van der Waals surface area contributed by atoms with Gasteiger partial charge in [0, 0.05) is 13.1 Å². The number of likely N-dealkylation sites (tertiary alicyclic amines) is 1. The summed E-state index contributed by atoms with van der Waals surface area (Å²) < 4.78 is 38.1. The molecule has 0 saturated carbocycles. The van der Waals surface area contributed by atoms with Crippen LogP contribution in [0.5, 0.6) is 11.5 Å². The molecule has 0 spiro atoms. The number of phenolic OH excluding ortho intramolecular Hbond substituents is 2. The van der Waals surface area contributed by atoms with Gasteiger partial charge >= 0.3 is 6.18 Å². The van der Waals surface area contributed by atoms with Crippen LogP contribution in [0, 0.1) is 5.92 Å². The van der Waals surface area contributed by atoms with Gasteiger partial charge < -0.3 is 15.1 Å². The summed E-state index contributed by atoms with van der Waals surface area (Å²) in [4.78, 5) is 13.2. The third-order valence-corrected chi connectivity index (χ3v) is 3.41. The molecular formula is C13H14F3NO3. The van der Waals surface area contributed by atoms with Gasteiger partial charge in [0.15, 0.2) is 0 Å². The zero-order valence-corrected chi connectivity index (χ0v) is 10.5. The lowest BCUT2D eigenvalue weighted by atomic mass is 9.96. The number of rotatable bonds is 1. The van der Waals surface area contributed by atoms with Crippen LogP contribution in [-0.2, 0) is 0 Å². The standard InChI is InChI=1S/C13H14F3NO3/c14-13(15,16)8-3-2-6-17(7-8)12(20)11-9(18)4-1-5-10(11)19/h1,4-5,8,18-19H,2-3,6-7H2. The number of amides is 1. The number of hydrogen-bond acceptors (Lipinski definition) is 3. The molecule has 2 N–H and O–H groups in total. The number of halogens is 3. The number of nitrogens with zero attached hydrogens (tertiary/aromatic N) is 1. The van der Waals surface area contributed by atoms with E-state index >= 15 is 0 Å². The highest BCUT2D eigenvalue weighted by atomic mass is 19.4. The van der Waals surface area contributed by atoms with Crippen LogP contribution < -0.4 is 0 Å². The number of hydrogen-bond donors (Lipinski definition) is 2. The van der Waals surface area contributed by atoms with Crippen molar-refractivity contribution in [3.05, 3.63) is 23.8 Å². The van der Waals surface area contributed by atoms with Crippen molar-refractivity contribution >= 4 is 5.91 Å². The fraction of sp³-hybridized carbons (Fsp3) is 0.462. The molecule has 1 unspecified atom stereocenters. The molecule has 0 aromatic heterocycles. The molecule has 2 rings (SSSR count).